The van der Waals surface area contributed by atoms with Gasteiger partial charge in [-0.2, -0.15) is 11.8 Å². The predicted octanol–water partition coefficient (Wildman–Crippen LogP) is 3.98. The largest absolute Gasteiger partial charge is 0.377 e. The SMILES string of the molecule is CC1COCCN1c1cc(C2CCCS2)nc(-c2cncc3[nH]ccc23)n1.N. The number of hydrogen-bond donors (Lipinski definition) is 2. The number of rotatable bonds is 3. The molecule has 2 saturated heterocycles. The minimum atomic E-state index is 0. The van der Waals surface area contributed by atoms with Gasteiger partial charge in [-0.25, -0.2) is 9.97 Å². The molecule has 0 bridgehead atoms. The molecular formula is C20H26N6OS. The number of H-pyrrole nitrogens is 1. The Hall–Kier alpha value is -2.16. The van der Waals surface area contributed by atoms with Crippen molar-refractivity contribution in [2.45, 2.75) is 31.1 Å². The summed E-state index contributed by atoms with van der Waals surface area (Å²) in [7, 11) is 0. The smallest absolute Gasteiger partial charge is 0.164 e. The number of hydrogen-bond acceptors (Lipinski definition) is 7. The number of ether oxygens (including phenoxy) is 1. The second kappa shape index (κ2) is 8.06. The molecule has 2 fully saturated rings. The number of nitrogens with one attached hydrogen (secondary N) is 1. The summed E-state index contributed by atoms with van der Waals surface area (Å²) < 4.78 is 5.62. The van der Waals surface area contributed by atoms with Gasteiger partial charge in [0.05, 0.1) is 36.7 Å². The third kappa shape index (κ3) is 3.47. The van der Waals surface area contributed by atoms with Crippen LogP contribution in [0.5, 0.6) is 0 Å². The monoisotopic (exact) mass is 398 g/mol. The zero-order valence-corrected chi connectivity index (χ0v) is 16.9. The van der Waals surface area contributed by atoms with E-state index in [1.54, 1.807) is 0 Å². The van der Waals surface area contributed by atoms with Crippen LogP contribution in [-0.2, 0) is 4.74 Å². The van der Waals surface area contributed by atoms with Gasteiger partial charge < -0.3 is 20.8 Å². The van der Waals surface area contributed by atoms with Crippen molar-refractivity contribution in [2.75, 3.05) is 30.4 Å². The second-order valence-corrected chi connectivity index (χ2v) is 8.53. The molecule has 0 radical (unpaired) electrons. The lowest BCUT2D eigenvalue weighted by atomic mass is 10.1. The molecule has 28 heavy (non-hydrogen) atoms. The first-order chi connectivity index (χ1) is 13.3. The number of nitrogens with zero attached hydrogens (tertiary/aromatic N) is 4. The number of thioether (sulfide) groups is 1. The number of anilines is 1. The average Bonchev–Trinajstić information content (AvgIpc) is 3.39. The second-order valence-electron chi connectivity index (χ2n) is 7.22. The zero-order chi connectivity index (χ0) is 18.2. The van der Waals surface area contributed by atoms with Crippen molar-refractivity contribution in [1.82, 2.24) is 26.1 Å². The van der Waals surface area contributed by atoms with Gasteiger partial charge in [-0.15, -0.1) is 0 Å². The fraction of sp³-hybridized carbons (Fsp3) is 0.450. The first-order valence-corrected chi connectivity index (χ1v) is 10.6. The van der Waals surface area contributed by atoms with Crippen LogP contribution >= 0.6 is 11.8 Å². The van der Waals surface area contributed by atoms with Crippen LogP contribution in [0.4, 0.5) is 5.82 Å². The number of fused-ring (bicyclic) bond motifs is 1. The summed E-state index contributed by atoms with van der Waals surface area (Å²) in [4.78, 5) is 19.9. The highest BCUT2D eigenvalue weighted by Crippen LogP contribution is 2.40. The maximum absolute atomic E-state index is 5.62. The highest BCUT2D eigenvalue weighted by Gasteiger charge is 2.26. The van der Waals surface area contributed by atoms with E-state index in [2.05, 4.69) is 33.9 Å². The van der Waals surface area contributed by atoms with Gasteiger partial charge in [0.2, 0.25) is 0 Å². The van der Waals surface area contributed by atoms with Gasteiger partial charge in [-0.3, -0.25) is 4.98 Å². The van der Waals surface area contributed by atoms with E-state index < -0.39 is 0 Å². The standard InChI is InChI=1S/C20H23N5OS.H3N/c1-13-12-26-7-6-25(13)19-9-16(18-3-2-8-27-18)23-20(24-19)15-10-21-11-17-14(15)4-5-22-17;/h4-5,9-11,13,18,22H,2-3,6-8,12H2,1H3;1H3. The normalized spacial score (nSPS) is 22.4. The Labute approximate surface area is 168 Å². The van der Waals surface area contributed by atoms with Crippen LogP contribution in [0.3, 0.4) is 0 Å². The Kier molecular flexibility index (Phi) is 5.52. The summed E-state index contributed by atoms with van der Waals surface area (Å²) in [5, 5.41) is 1.57. The number of pyridine rings is 1. The van der Waals surface area contributed by atoms with Crippen molar-refractivity contribution in [1.29, 1.82) is 0 Å². The minimum Gasteiger partial charge on any atom is -0.377 e. The summed E-state index contributed by atoms with van der Waals surface area (Å²) in [5.41, 5.74) is 3.14. The summed E-state index contributed by atoms with van der Waals surface area (Å²) in [6, 6.07) is 4.58. The fourth-order valence-corrected chi connectivity index (χ4v) is 5.16. The van der Waals surface area contributed by atoms with E-state index in [1.165, 1.54) is 18.6 Å². The Balaban J connectivity index is 0.00000192. The molecule has 5 rings (SSSR count). The van der Waals surface area contributed by atoms with Gasteiger partial charge in [-0.1, -0.05) is 0 Å². The number of aromatic nitrogens is 4. The summed E-state index contributed by atoms with van der Waals surface area (Å²) in [6.45, 7) is 4.54. The lowest BCUT2D eigenvalue weighted by molar-refractivity contribution is 0.0985. The van der Waals surface area contributed by atoms with Crippen LogP contribution in [-0.4, -0.2) is 51.5 Å². The van der Waals surface area contributed by atoms with Gasteiger partial charge >= 0.3 is 0 Å². The molecule has 0 aromatic carbocycles. The van der Waals surface area contributed by atoms with Crippen molar-refractivity contribution >= 4 is 28.5 Å². The van der Waals surface area contributed by atoms with E-state index in [-0.39, 0.29) is 6.15 Å². The molecule has 0 aliphatic carbocycles. The van der Waals surface area contributed by atoms with Gasteiger partial charge in [0.15, 0.2) is 5.82 Å². The topological polar surface area (TPSA) is 102 Å². The van der Waals surface area contributed by atoms with Crippen LogP contribution in [0.25, 0.3) is 22.3 Å². The summed E-state index contributed by atoms with van der Waals surface area (Å²) in [6.07, 6.45) is 8.11. The Morgan fingerprint density at radius 3 is 3.04 bits per heavy atom. The third-order valence-corrected chi connectivity index (χ3v) is 6.78. The molecule has 2 aliphatic heterocycles. The molecule has 0 amide bonds. The molecule has 5 heterocycles. The van der Waals surface area contributed by atoms with E-state index in [0.717, 1.165) is 53.6 Å². The maximum atomic E-state index is 5.62. The molecule has 7 nitrogen and oxygen atoms in total. The van der Waals surface area contributed by atoms with Crippen LogP contribution in [0.15, 0.2) is 30.7 Å². The molecule has 2 aliphatic rings. The molecule has 3 aromatic rings. The van der Waals surface area contributed by atoms with Crippen molar-refractivity contribution in [3.05, 3.63) is 36.4 Å². The van der Waals surface area contributed by atoms with Gasteiger partial charge in [0.25, 0.3) is 0 Å². The highest BCUT2D eigenvalue weighted by molar-refractivity contribution is 7.99. The molecule has 0 saturated carbocycles. The molecule has 8 heteroatoms. The highest BCUT2D eigenvalue weighted by atomic mass is 32.2. The molecule has 2 unspecified atom stereocenters. The van der Waals surface area contributed by atoms with Crippen LogP contribution < -0.4 is 11.1 Å². The van der Waals surface area contributed by atoms with Crippen molar-refractivity contribution in [2.24, 2.45) is 0 Å². The number of morpholine rings is 1. The maximum Gasteiger partial charge on any atom is 0.164 e. The Morgan fingerprint density at radius 2 is 2.21 bits per heavy atom. The van der Waals surface area contributed by atoms with Gasteiger partial charge in [0.1, 0.15) is 5.82 Å². The van der Waals surface area contributed by atoms with Gasteiger partial charge in [-0.05, 0) is 31.6 Å². The lowest BCUT2D eigenvalue weighted by Crippen LogP contribution is -2.44. The minimum absolute atomic E-state index is 0. The summed E-state index contributed by atoms with van der Waals surface area (Å²) >= 11 is 2.01. The van der Waals surface area contributed by atoms with Gasteiger partial charge in [0, 0.05) is 41.2 Å². The first-order valence-electron chi connectivity index (χ1n) is 9.56. The van der Waals surface area contributed by atoms with E-state index in [9.17, 15) is 0 Å². The van der Waals surface area contributed by atoms with E-state index in [1.807, 2.05) is 30.4 Å². The van der Waals surface area contributed by atoms with E-state index in [4.69, 9.17) is 14.7 Å². The van der Waals surface area contributed by atoms with Crippen molar-refractivity contribution in [3.63, 3.8) is 0 Å². The molecule has 148 valence electrons. The molecular weight excluding hydrogens is 372 g/mol. The van der Waals surface area contributed by atoms with E-state index >= 15 is 0 Å². The van der Waals surface area contributed by atoms with Crippen LogP contribution in [0, 0.1) is 0 Å². The third-order valence-electron chi connectivity index (χ3n) is 5.37. The zero-order valence-electron chi connectivity index (χ0n) is 16.1. The molecule has 4 N–H and O–H groups in total. The van der Waals surface area contributed by atoms with Crippen LogP contribution in [0.2, 0.25) is 0 Å². The number of aromatic amines is 1. The molecule has 0 spiro atoms. The Bertz CT molecular complexity index is 955. The predicted molar refractivity (Wildman–Crippen MR) is 114 cm³/mol. The lowest BCUT2D eigenvalue weighted by Gasteiger charge is -2.34. The van der Waals surface area contributed by atoms with Crippen molar-refractivity contribution < 1.29 is 4.74 Å². The van der Waals surface area contributed by atoms with Crippen molar-refractivity contribution in [3.8, 4) is 11.4 Å². The molecule has 2 atom stereocenters. The average molecular weight is 399 g/mol. The fourth-order valence-electron chi connectivity index (χ4n) is 3.92. The molecule has 3 aromatic heterocycles. The quantitative estimate of drug-likeness (QED) is 0.688. The van der Waals surface area contributed by atoms with Crippen LogP contribution in [0.1, 0.15) is 30.7 Å². The summed E-state index contributed by atoms with van der Waals surface area (Å²) in [5.74, 6) is 2.99. The first kappa shape index (κ1) is 19.2. The Morgan fingerprint density at radius 1 is 1.29 bits per heavy atom. The van der Waals surface area contributed by atoms with E-state index in [0.29, 0.717) is 11.3 Å².